The van der Waals surface area contributed by atoms with Crippen LogP contribution < -0.4 is 0 Å². The van der Waals surface area contributed by atoms with Gasteiger partial charge in [-0.3, -0.25) is 9.59 Å². The van der Waals surface area contributed by atoms with Crippen molar-refractivity contribution in [3.63, 3.8) is 0 Å². The normalized spacial score (nSPS) is 36.9. The van der Waals surface area contributed by atoms with Gasteiger partial charge in [0.05, 0.1) is 6.61 Å². The zero-order valence-corrected chi connectivity index (χ0v) is 17.2. The third-order valence-corrected chi connectivity index (χ3v) is 7.73. The molecule has 0 radical (unpaired) electrons. The van der Waals surface area contributed by atoms with Crippen molar-refractivity contribution in [1.82, 2.24) is 0 Å². The molecule has 3 aliphatic rings. The highest BCUT2D eigenvalue weighted by Crippen LogP contribution is 2.62. The molecule has 27 heavy (non-hydrogen) atoms. The van der Waals surface area contributed by atoms with E-state index in [1.807, 2.05) is 0 Å². The van der Waals surface area contributed by atoms with E-state index >= 15 is 0 Å². The summed E-state index contributed by atoms with van der Waals surface area (Å²) in [4.78, 5) is 25.2. The summed E-state index contributed by atoms with van der Waals surface area (Å²) in [6.45, 7) is 11.2. The van der Waals surface area contributed by atoms with E-state index < -0.39 is 11.5 Å². The zero-order chi connectivity index (χ0) is 20.0. The molecule has 4 nitrogen and oxygen atoms in total. The summed E-state index contributed by atoms with van der Waals surface area (Å²) in [6.07, 6.45) is 8.26. The predicted octanol–water partition coefficient (Wildman–Crippen LogP) is 5.06. The lowest BCUT2D eigenvalue weighted by Crippen LogP contribution is -2.50. The molecule has 0 aromatic carbocycles. The van der Waals surface area contributed by atoms with Gasteiger partial charge in [0.15, 0.2) is 11.5 Å². The van der Waals surface area contributed by atoms with Crippen LogP contribution in [-0.2, 0) is 14.3 Å². The highest BCUT2D eigenvalue weighted by atomic mass is 16.5. The van der Waals surface area contributed by atoms with Crippen molar-refractivity contribution in [2.45, 2.75) is 66.7 Å². The lowest BCUT2D eigenvalue weighted by molar-refractivity contribution is -0.121. The van der Waals surface area contributed by atoms with Crippen LogP contribution in [0.3, 0.4) is 0 Å². The van der Waals surface area contributed by atoms with Gasteiger partial charge in [-0.15, -0.1) is 0 Å². The van der Waals surface area contributed by atoms with Gasteiger partial charge in [-0.2, -0.15) is 0 Å². The highest BCUT2D eigenvalue weighted by molar-refractivity contribution is 6.20. The van der Waals surface area contributed by atoms with Crippen molar-refractivity contribution >= 4 is 11.6 Å². The van der Waals surface area contributed by atoms with Gasteiger partial charge in [0.2, 0.25) is 11.6 Å². The molecule has 0 saturated heterocycles. The molecule has 1 N–H and O–H groups in total. The van der Waals surface area contributed by atoms with E-state index in [1.54, 1.807) is 6.92 Å². The largest absolute Gasteiger partial charge is 0.504 e. The van der Waals surface area contributed by atoms with E-state index in [1.165, 1.54) is 5.57 Å². The molecule has 0 amide bonds. The summed E-state index contributed by atoms with van der Waals surface area (Å²) >= 11 is 0. The molecule has 3 aliphatic carbocycles. The number of ketones is 2. The van der Waals surface area contributed by atoms with Crippen molar-refractivity contribution in [2.75, 3.05) is 6.61 Å². The second-order valence-electron chi connectivity index (χ2n) is 9.02. The number of Topliss-reactive ketones (excluding diaryl/α,β-unsaturated/α-hetero) is 1. The molecule has 148 valence electrons. The average molecular weight is 373 g/mol. The summed E-state index contributed by atoms with van der Waals surface area (Å²) in [7, 11) is 0. The Bertz CT molecular complexity index is 756. The topological polar surface area (TPSA) is 63.6 Å². The van der Waals surface area contributed by atoms with Gasteiger partial charge >= 0.3 is 0 Å². The second-order valence-corrected chi connectivity index (χ2v) is 9.02. The number of ether oxygens (including phenoxy) is 1. The van der Waals surface area contributed by atoms with Crippen LogP contribution in [0.15, 0.2) is 34.8 Å². The first kappa shape index (κ1) is 19.9. The van der Waals surface area contributed by atoms with Gasteiger partial charge in [0.1, 0.15) is 0 Å². The third-order valence-electron chi connectivity index (χ3n) is 7.73. The molecule has 0 spiro atoms. The van der Waals surface area contributed by atoms with Crippen LogP contribution in [0, 0.1) is 22.7 Å². The standard InChI is InChI=1S/C23H32O4/c1-6-27-18-12-17(24)20(25)16(21(18)26)13-23(5)15(3)10-11-22(4)14(2)8-7-9-19(22)23/h8,12,15,19,25H,6-7,9-11,13H2,1-5H3/t15-,19+,22-,23+/m0/s1. The summed E-state index contributed by atoms with van der Waals surface area (Å²) in [5, 5.41) is 10.4. The molecular weight excluding hydrogens is 340 g/mol. The van der Waals surface area contributed by atoms with Crippen LogP contribution in [0.1, 0.15) is 66.7 Å². The minimum Gasteiger partial charge on any atom is -0.504 e. The Morgan fingerprint density at radius 1 is 1.26 bits per heavy atom. The Labute approximate surface area is 162 Å². The first-order chi connectivity index (χ1) is 12.6. The predicted molar refractivity (Wildman–Crippen MR) is 105 cm³/mol. The van der Waals surface area contributed by atoms with Crippen molar-refractivity contribution in [2.24, 2.45) is 22.7 Å². The van der Waals surface area contributed by atoms with E-state index in [2.05, 4.69) is 33.8 Å². The number of aliphatic hydroxyl groups excluding tert-OH is 1. The molecule has 0 aromatic heterocycles. The minimum absolute atomic E-state index is 0.0600. The molecule has 1 fully saturated rings. The maximum absolute atomic E-state index is 12.9. The number of aliphatic hydroxyl groups is 1. The molecule has 0 bridgehead atoms. The van der Waals surface area contributed by atoms with Crippen molar-refractivity contribution in [1.29, 1.82) is 0 Å². The lowest BCUT2D eigenvalue weighted by Gasteiger charge is -2.58. The molecule has 4 atom stereocenters. The maximum Gasteiger partial charge on any atom is 0.227 e. The van der Waals surface area contributed by atoms with E-state index in [0.29, 0.717) is 24.9 Å². The SMILES string of the molecule is CCOC1=CC(=O)C(O)=C(C[C@]2(C)[C@@H](C)CC[C@@]3(C)C(C)=CCC[C@@H]23)C1=O. The lowest BCUT2D eigenvalue weighted by atomic mass is 9.46. The van der Waals surface area contributed by atoms with E-state index in [4.69, 9.17) is 4.74 Å². The Balaban J connectivity index is 1.99. The Morgan fingerprint density at radius 2 is 1.96 bits per heavy atom. The van der Waals surface area contributed by atoms with Crippen LogP contribution in [0.25, 0.3) is 0 Å². The van der Waals surface area contributed by atoms with Crippen LogP contribution in [0.2, 0.25) is 0 Å². The first-order valence-electron chi connectivity index (χ1n) is 10.2. The number of carbonyl (C=O) groups is 2. The molecule has 1 saturated carbocycles. The number of fused-ring (bicyclic) bond motifs is 1. The van der Waals surface area contributed by atoms with Crippen LogP contribution in [0.4, 0.5) is 0 Å². The van der Waals surface area contributed by atoms with Crippen LogP contribution in [-0.4, -0.2) is 23.3 Å². The van der Waals surface area contributed by atoms with Crippen molar-refractivity contribution in [3.05, 3.63) is 34.8 Å². The number of allylic oxidation sites excluding steroid dienone is 4. The van der Waals surface area contributed by atoms with Crippen LogP contribution in [0.5, 0.6) is 0 Å². The van der Waals surface area contributed by atoms with Gasteiger partial charge in [-0.25, -0.2) is 0 Å². The minimum atomic E-state index is -0.525. The first-order valence-corrected chi connectivity index (χ1v) is 10.2. The van der Waals surface area contributed by atoms with E-state index in [0.717, 1.165) is 31.8 Å². The molecule has 4 heteroatoms. The van der Waals surface area contributed by atoms with E-state index in [9.17, 15) is 14.7 Å². The highest BCUT2D eigenvalue weighted by Gasteiger charge is 2.54. The zero-order valence-electron chi connectivity index (χ0n) is 17.2. The summed E-state index contributed by atoms with van der Waals surface area (Å²) < 4.78 is 5.37. The Hall–Kier alpha value is -1.84. The Morgan fingerprint density at radius 3 is 2.63 bits per heavy atom. The fourth-order valence-electron chi connectivity index (χ4n) is 5.67. The molecule has 0 heterocycles. The summed E-state index contributed by atoms with van der Waals surface area (Å²) in [5.41, 5.74) is 1.64. The fourth-order valence-corrected chi connectivity index (χ4v) is 5.67. The Kier molecular flexibility index (Phi) is 5.13. The molecule has 0 unspecified atom stereocenters. The molecular formula is C23H32O4. The van der Waals surface area contributed by atoms with Gasteiger partial charge in [0, 0.05) is 11.6 Å². The smallest absolute Gasteiger partial charge is 0.227 e. The molecule has 0 aliphatic heterocycles. The van der Waals surface area contributed by atoms with Gasteiger partial charge < -0.3 is 9.84 Å². The fraction of sp³-hybridized carbons (Fsp3) is 0.652. The maximum atomic E-state index is 12.9. The molecule has 3 rings (SSSR count). The summed E-state index contributed by atoms with van der Waals surface area (Å²) in [5.74, 6) is -0.369. The number of hydrogen-bond donors (Lipinski definition) is 1. The van der Waals surface area contributed by atoms with Gasteiger partial charge in [0.25, 0.3) is 0 Å². The van der Waals surface area contributed by atoms with Gasteiger partial charge in [-0.05, 0) is 68.6 Å². The molecule has 0 aromatic rings. The number of carbonyl (C=O) groups excluding carboxylic acids is 2. The number of rotatable bonds is 4. The average Bonchev–Trinajstić information content (AvgIpc) is 2.62. The second kappa shape index (κ2) is 6.96. The van der Waals surface area contributed by atoms with E-state index in [-0.39, 0.29) is 27.9 Å². The number of hydrogen-bond acceptors (Lipinski definition) is 4. The third kappa shape index (κ3) is 3.07. The van der Waals surface area contributed by atoms with Gasteiger partial charge in [-0.1, -0.05) is 32.4 Å². The quantitative estimate of drug-likeness (QED) is 0.553. The van der Waals surface area contributed by atoms with Crippen molar-refractivity contribution < 1.29 is 19.4 Å². The van der Waals surface area contributed by atoms with Crippen molar-refractivity contribution in [3.8, 4) is 0 Å². The monoisotopic (exact) mass is 372 g/mol. The van der Waals surface area contributed by atoms with Crippen LogP contribution >= 0.6 is 0 Å². The summed E-state index contributed by atoms with van der Waals surface area (Å²) in [6, 6.07) is 0.